The number of nitro benzene ring substituents is 1. The van der Waals surface area contributed by atoms with Gasteiger partial charge in [-0.05, 0) is 12.5 Å². The molecule has 1 aromatic carbocycles. The minimum absolute atomic E-state index is 0.0404. The molecule has 10 heteroatoms. The topological polar surface area (TPSA) is 139 Å². The van der Waals surface area contributed by atoms with E-state index in [9.17, 15) is 19.7 Å². The van der Waals surface area contributed by atoms with Crippen LogP contribution in [0.15, 0.2) is 33.9 Å². The van der Waals surface area contributed by atoms with Crippen LogP contribution in [0, 0.1) is 17.0 Å². The molecule has 1 aliphatic heterocycles. The van der Waals surface area contributed by atoms with Crippen LogP contribution < -0.4 is 16.6 Å². The molecule has 1 unspecified atom stereocenters. The predicted molar refractivity (Wildman–Crippen MR) is 93.0 cm³/mol. The monoisotopic (exact) mass is 354 g/mol. The number of aryl methyl sites for hydroxylation is 1. The van der Waals surface area contributed by atoms with Crippen molar-refractivity contribution in [3.05, 3.63) is 77.6 Å². The maximum atomic E-state index is 12.6. The largest absolute Gasteiger partial charge is 0.329 e. The van der Waals surface area contributed by atoms with Gasteiger partial charge >= 0.3 is 5.69 Å². The van der Waals surface area contributed by atoms with Crippen molar-refractivity contribution in [3.63, 3.8) is 0 Å². The molecule has 0 aliphatic carbocycles. The molecule has 2 aromatic heterocycles. The zero-order valence-corrected chi connectivity index (χ0v) is 13.9. The molecule has 0 saturated heterocycles. The van der Waals surface area contributed by atoms with Gasteiger partial charge in [-0.2, -0.15) is 5.10 Å². The summed E-state index contributed by atoms with van der Waals surface area (Å²) in [5, 5.41) is 21.0. The number of hydrogen-bond acceptors (Lipinski definition) is 6. The van der Waals surface area contributed by atoms with Crippen molar-refractivity contribution >= 4 is 17.3 Å². The van der Waals surface area contributed by atoms with E-state index in [2.05, 4.69) is 20.5 Å². The molecular weight excluding hydrogens is 340 g/mol. The number of nitro groups is 1. The highest BCUT2D eigenvalue weighted by Gasteiger charge is 2.34. The number of rotatable bonds is 2. The normalized spacial score (nSPS) is 15.1. The Balaban J connectivity index is 2.01. The molecule has 3 aromatic rings. The van der Waals surface area contributed by atoms with Crippen molar-refractivity contribution in [2.75, 3.05) is 5.32 Å². The van der Waals surface area contributed by atoms with Crippen LogP contribution in [-0.4, -0.2) is 24.7 Å². The van der Waals surface area contributed by atoms with Gasteiger partial charge in [0.2, 0.25) is 0 Å². The fourth-order valence-corrected chi connectivity index (χ4v) is 3.32. The molecule has 0 fully saturated rings. The van der Waals surface area contributed by atoms with Crippen molar-refractivity contribution in [2.45, 2.75) is 12.8 Å². The molecule has 0 amide bonds. The molecule has 0 radical (unpaired) electrons. The van der Waals surface area contributed by atoms with Crippen LogP contribution in [-0.2, 0) is 7.05 Å². The van der Waals surface area contributed by atoms with Gasteiger partial charge in [0.05, 0.1) is 10.5 Å². The van der Waals surface area contributed by atoms with E-state index < -0.39 is 22.1 Å². The summed E-state index contributed by atoms with van der Waals surface area (Å²) in [7, 11) is 1.54. The Kier molecular flexibility index (Phi) is 3.29. The third-order valence-corrected chi connectivity index (χ3v) is 4.61. The second-order valence-electron chi connectivity index (χ2n) is 6.10. The van der Waals surface area contributed by atoms with Crippen LogP contribution in [0.5, 0.6) is 0 Å². The minimum Gasteiger partial charge on any atom is -0.324 e. The predicted octanol–water partition coefficient (Wildman–Crippen LogP) is 1.25. The van der Waals surface area contributed by atoms with E-state index in [1.807, 2.05) is 6.92 Å². The maximum Gasteiger partial charge on any atom is 0.329 e. The summed E-state index contributed by atoms with van der Waals surface area (Å²) in [6.45, 7) is 1.83. The van der Waals surface area contributed by atoms with Gasteiger partial charge < -0.3 is 5.32 Å². The van der Waals surface area contributed by atoms with E-state index in [1.165, 1.54) is 16.7 Å². The number of nitrogens with one attached hydrogen (secondary N) is 3. The average Bonchev–Trinajstić information content (AvgIpc) is 2.99. The number of aromatic nitrogens is 4. The zero-order valence-electron chi connectivity index (χ0n) is 13.9. The molecular formula is C16H14N6O4. The average molecular weight is 354 g/mol. The highest BCUT2D eigenvalue weighted by molar-refractivity contribution is 5.71. The summed E-state index contributed by atoms with van der Waals surface area (Å²) in [4.78, 5) is 37.3. The Labute approximate surface area is 145 Å². The molecule has 3 heterocycles. The molecule has 1 atom stereocenters. The Bertz CT molecular complexity index is 1150. The third kappa shape index (κ3) is 2.15. The molecule has 0 bridgehead atoms. The highest BCUT2D eigenvalue weighted by Crippen LogP contribution is 2.43. The summed E-state index contributed by atoms with van der Waals surface area (Å²) in [5.41, 5.74) is 1.47. The fraction of sp³-hybridized carbons (Fsp3) is 0.188. The number of aromatic amines is 2. The van der Waals surface area contributed by atoms with Gasteiger partial charge in [0.15, 0.2) is 5.82 Å². The second kappa shape index (κ2) is 5.41. The number of hydrogen-bond donors (Lipinski definition) is 3. The molecule has 10 nitrogen and oxygen atoms in total. The van der Waals surface area contributed by atoms with Crippen molar-refractivity contribution in [1.82, 2.24) is 19.7 Å². The lowest BCUT2D eigenvalue weighted by atomic mass is 9.83. The zero-order chi connectivity index (χ0) is 18.6. The van der Waals surface area contributed by atoms with Gasteiger partial charge in [0.1, 0.15) is 5.82 Å². The van der Waals surface area contributed by atoms with Crippen LogP contribution in [0.3, 0.4) is 0 Å². The van der Waals surface area contributed by atoms with Gasteiger partial charge in [-0.15, -0.1) is 0 Å². The van der Waals surface area contributed by atoms with Crippen LogP contribution >= 0.6 is 0 Å². The Morgan fingerprint density at radius 1 is 1.19 bits per heavy atom. The van der Waals surface area contributed by atoms with Gasteiger partial charge in [0.25, 0.3) is 11.2 Å². The van der Waals surface area contributed by atoms with Crippen LogP contribution in [0.4, 0.5) is 17.3 Å². The summed E-state index contributed by atoms with van der Waals surface area (Å²) >= 11 is 0. The lowest BCUT2D eigenvalue weighted by molar-refractivity contribution is -0.384. The summed E-state index contributed by atoms with van der Waals surface area (Å²) in [5.74, 6) is 0.344. The van der Waals surface area contributed by atoms with Crippen molar-refractivity contribution in [2.24, 2.45) is 7.05 Å². The molecule has 26 heavy (non-hydrogen) atoms. The smallest absolute Gasteiger partial charge is 0.324 e. The molecule has 0 spiro atoms. The lowest BCUT2D eigenvalue weighted by Crippen LogP contribution is -2.36. The Hall–Kier alpha value is -3.69. The number of anilines is 2. The Morgan fingerprint density at radius 2 is 1.88 bits per heavy atom. The van der Waals surface area contributed by atoms with Crippen LogP contribution in [0.2, 0.25) is 0 Å². The van der Waals surface area contributed by atoms with E-state index in [4.69, 9.17) is 0 Å². The molecule has 4 rings (SSSR count). The van der Waals surface area contributed by atoms with Gasteiger partial charge in [-0.25, -0.2) is 4.79 Å². The minimum atomic E-state index is -0.542. The van der Waals surface area contributed by atoms with Crippen molar-refractivity contribution in [3.8, 4) is 0 Å². The van der Waals surface area contributed by atoms with E-state index in [0.29, 0.717) is 22.8 Å². The quantitative estimate of drug-likeness (QED) is 0.366. The Morgan fingerprint density at radius 3 is 2.54 bits per heavy atom. The molecule has 0 saturated carbocycles. The number of non-ortho nitro benzene ring substituents is 1. The first kappa shape index (κ1) is 15.8. The summed E-state index contributed by atoms with van der Waals surface area (Å²) in [6.07, 6.45) is 0. The van der Waals surface area contributed by atoms with E-state index in [-0.39, 0.29) is 5.69 Å². The summed E-state index contributed by atoms with van der Waals surface area (Å²) in [6, 6.07) is 6.00. The third-order valence-electron chi connectivity index (χ3n) is 4.61. The SMILES string of the molecule is Cc1[nH]nc2c1C(c1ccc([N+](=O)[O-])cc1)c1c(n(C)c(=O)[nH]c1=O)N2. The summed E-state index contributed by atoms with van der Waals surface area (Å²) < 4.78 is 1.31. The van der Waals surface area contributed by atoms with Crippen molar-refractivity contribution < 1.29 is 4.92 Å². The maximum absolute atomic E-state index is 12.6. The van der Waals surface area contributed by atoms with E-state index in [0.717, 1.165) is 11.3 Å². The number of fused-ring (bicyclic) bond motifs is 2. The first-order valence-corrected chi connectivity index (χ1v) is 7.78. The van der Waals surface area contributed by atoms with E-state index >= 15 is 0 Å². The highest BCUT2D eigenvalue weighted by atomic mass is 16.6. The van der Waals surface area contributed by atoms with Gasteiger partial charge in [0, 0.05) is 36.4 Å². The first-order chi connectivity index (χ1) is 12.4. The number of benzene rings is 1. The van der Waals surface area contributed by atoms with Crippen LogP contribution in [0.1, 0.15) is 28.3 Å². The first-order valence-electron chi connectivity index (χ1n) is 7.78. The molecule has 3 N–H and O–H groups in total. The van der Waals surface area contributed by atoms with Crippen molar-refractivity contribution in [1.29, 1.82) is 0 Å². The van der Waals surface area contributed by atoms with E-state index in [1.54, 1.807) is 19.2 Å². The van der Waals surface area contributed by atoms with Gasteiger partial charge in [-0.3, -0.25) is 29.6 Å². The van der Waals surface area contributed by atoms with Gasteiger partial charge in [-0.1, -0.05) is 12.1 Å². The van der Waals surface area contributed by atoms with Crippen LogP contribution in [0.25, 0.3) is 0 Å². The molecule has 132 valence electrons. The number of H-pyrrole nitrogens is 2. The fourth-order valence-electron chi connectivity index (χ4n) is 3.32. The number of nitrogens with zero attached hydrogens (tertiary/aromatic N) is 3. The lowest BCUT2D eigenvalue weighted by Gasteiger charge is -2.27. The second-order valence-corrected chi connectivity index (χ2v) is 6.10. The standard InChI is InChI=1S/C16H14N6O4/c1-7-10-11(8-3-5-9(6-4-8)22(25)26)12-14(17-13(10)20-19-7)21(2)16(24)18-15(12)23/h3-6,11H,1-2H3,(H2,17,19,20)(H,18,23,24). The molecule has 1 aliphatic rings.